The van der Waals surface area contributed by atoms with E-state index in [1.807, 2.05) is 0 Å². The van der Waals surface area contributed by atoms with Crippen molar-refractivity contribution in [3.63, 3.8) is 0 Å². The Bertz CT molecular complexity index is 194. The Morgan fingerprint density at radius 2 is 1.40 bits per heavy atom. The molecule has 0 aromatic rings. The van der Waals surface area contributed by atoms with Gasteiger partial charge >= 0.3 is 0 Å². The molecule has 0 aromatic heterocycles. The molecule has 0 atom stereocenters. The number of rotatable bonds is 2. The van der Waals surface area contributed by atoms with Crippen LogP contribution >= 0.6 is 0 Å². The van der Waals surface area contributed by atoms with Crippen molar-refractivity contribution >= 4 is 0 Å². The fourth-order valence-electron chi connectivity index (χ4n) is 0.767. The first kappa shape index (κ1) is 6.80. The van der Waals surface area contributed by atoms with Crippen LogP contribution in [0, 0.1) is 9.81 Å². The molecular weight excluding hydrogens is 132 g/mol. The van der Waals surface area contributed by atoms with E-state index in [9.17, 15) is 9.81 Å². The summed E-state index contributed by atoms with van der Waals surface area (Å²) >= 11 is 0. The van der Waals surface area contributed by atoms with E-state index in [1.165, 1.54) is 12.2 Å². The summed E-state index contributed by atoms with van der Waals surface area (Å²) in [6, 6.07) is 0. The van der Waals surface area contributed by atoms with Crippen molar-refractivity contribution in [2.45, 2.75) is 12.8 Å². The van der Waals surface area contributed by atoms with E-state index < -0.39 is 0 Å². The first-order chi connectivity index (χ1) is 4.86. The molecule has 1 aliphatic carbocycles. The molecule has 0 spiro atoms. The first-order valence-corrected chi connectivity index (χ1v) is 2.93. The Balaban J connectivity index is 2.73. The summed E-state index contributed by atoms with van der Waals surface area (Å²) in [5.41, 5.74) is 0.958. The van der Waals surface area contributed by atoms with Crippen LogP contribution in [-0.2, 0) is 0 Å². The molecule has 0 bridgehead atoms. The third-order valence-electron chi connectivity index (χ3n) is 1.34. The van der Waals surface area contributed by atoms with Gasteiger partial charge in [0.25, 0.3) is 0 Å². The van der Waals surface area contributed by atoms with Crippen LogP contribution in [0.15, 0.2) is 33.9 Å². The molecular formula is C6H6N2O2. The summed E-state index contributed by atoms with van der Waals surface area (Å²) in [6.07, 6.45) is 4.10. The molecule has 0 aliphatic heterocycles. The molecule has 0 N–H and O–H groups in total. The van der Waals surface area contributed by atoms with Gasteiger partial charge in [-0.15, -0.1) is 9.81 Å². The van der Waals surface area contributed by atoms with Gasteiger partial charge in [-0.1, -0.05) is 0 Å². The summed E-state index contributed by atoms with van der Waals surface area (Å²) in [5.74, 6) is 0. The molecule has 0 saturated carbocycles. The highest BCUT2D eigenvalue weighted by Crippen LogP contribution is 2.18. The van der Waals surface area contributed by atoms with Crippen molar-refractivity contribution in [3.05, 3.63) is 33.4 Å². The van der Waals surface area contributed by atoms with Crippen molar-refractivity contribution in [1.29, 1.82) is 0 Å². The quantitative estimate of drug-likeness (QED) is 0.548. The van der Waals surface area contributed by atoms with E-state index in [1.54, 1.807) is 0 Å². The molecule has 1 aliphatic rings. The standard InChI is InChI=1S/C6H6N2O2/c9-7-5-1-2-6(8-10)4-3-5/h1-2H,3-4H2. The zero-order chi connectivity index (χ0) is 7.40. The summed E-state index contributed by atoms with van der Waals surface area (Å²) in [6.45, 7) is 0. The maximum Gasteiger partial charge on any atom is 0.0853 e. The monoisotopic (exact) mass is 138 g/mol. The van der Waals surface area contributed by atoms with Crippen molar-refractivity contribution in [2.24, 2.45) is 10.4 Å². The molecule has 0 saturated heterocycles. The Hall–Kier alpha value is -1.32. The molecule has 0 fully saturated rings. The van der Waals surface area contributed by atoms with Gasteiger partial charge in [-0.05, 0) is 35.3 Å². The number of allylic oxidation sites excluding steroid dienone is 4. The van der Waals surface area contributed by atoms with Crippen LogP contribution in [0.1, 0.15) is 12.8 Å². The van der Waals surface area contributed by atoms with E-state index in [-0.39, 0.29) is 0 Å². The van der Waals surface area contributed by atoms with Crippen molar-refractivity contribution in [3.8, 4) is 0 Å². The van der Waals surface area contributed by atoms with E-state index in [4.69, 9.17) is 0 Å². The predicted molar refractivity (Wildman–Crippen MR) is 37.0 cm³/mol. The van der Waals surface area contributed by atoms with Gasteiger partial charge in [0.1, 0.15) is 0 Å². The van der Waals surface area contributed by atoms with Crippen LogP contribution in [0.4, 0.5) is 0 Å². The van der Waals surface area contributed by atoms with Crippen LogP contribution < -0.4 is 0 Å². The highest BCUT2D eigenvalue weighted by atomic mass is 16.3. The molecule has 52 valence electrons. The lowest BCUT2D eigenvalue weighted by molar-refractivity contribution is 0.876. The summed E-state index contributed by atoms with van der Waals surface area (Å²) < 4.78 is 0. The maximum atomic E-state index is 9.90. The van der Waals surface area contributed by atoms with Crippen molar-refractivity contribution < 1.29 is 0 Å². The second kappa shape index (κ2) is 3.00. The smallest absolute Gasteiger partial charge is 0.0853 e. The van der Waals surface area contributed by atoms with Crippen molar-refractivity contribution in [2.75, 3.05) is 0 Å². The largest absolute Gasteiger partial charge is 0.145 e. The second-order valence-corrected chi connectivity index (χ2v) is 2.00. The Morgan fingerprint density at radius 3 is 1.60 bits per heavy atom. The van der Waals surface area contributed by atoms with Gasteiger partial charge in [-0.2, -0.15) is 0 Å². The highest BCUT2D eigenvalue weighted by molar-refractivity contribution is 5.22. The second-order valence-electron chi connectivity index (χ2n) is 2.00. The Kier molecular flexibility index (Phi) is 2.04. The number of hydrogen-bond donors (Lipinski definition) is 0. The lowest BCUT2D eigenvalue weighted by Crippen LogP contribution is -1.87. The number of nitroso groups, excluding NO2 is 2. The van der Waals surface area contributed by atoms with Crippen LogP contribution in [0.2, 0.25) is 0 Å². The van der Waals surface area contributed by atoms with Gasteiger partial charge in [0.15, 0.2) is 0 Å². The molecule has 0 amide bonds. The maximum absolute atomic E-state index is 9.90. The molecule has 4 nitrogen and oxygen atoms in total. The average Bonchev–Trinajstić information content (AvgIpc) is 2.05. The van der Waals surface area contributed by atoms with E-state index in [0.29, 0.717) is 24.2 Å². The third-order valence-corrected chi connectivity index (χ3v) is 1.34. The van der Waals surface area contributed by atoms with E-state index >= 15 is 0 Å². The lowest BCUT2D eigenvalue weighted by Gasteiger charge is -2.01. The van der Waals surface area contributed by atoms with Gasteiger partial charge in [0.2, 0.25) is 0 Å². The highest BCUT2D eigenvalue weighted by Gasteiger charge is 2.05. The average molecular weight is 138 g/mol. The Morgan fingerprint density at radius 1 is 1.00 bits per heavy atom. The predicted octanol–water partition coefficient (Wildman–Crippen LogP) is 2.08. The van der Waals surface area contributed by atoms with Crippen LogP contribution in [-0.4, -0.2) is 0 Å². The molecule has 1 rings (SSSR count). The van der Waals surface area contributed by atoms with Gasteiger partial charge in [-0.3, -0.25) is 0 Å². The number of hydrogen-bond acceptors (Lipinski definition) is 4. The van der Waals surface area contributed by atoms with Gasteiger partial charge in [0.05, 0.1) is 11.4 Å². The third kappa shape index (κ3) is 1.34. The minimum absolute atomic E-state index is 0.479. The van der Waals surface area contributed by atoms with Crippen LogP contribution in [0.25, 0.3) is 0 Å². The van der Waals surface area contributed by atoms with Gasteiger partial charge < -0.3 is 0 Å². The molecule has 0 unspecified atom stereocenters. The minimum Gasteiger partial charge on any atom is -0.145 e. The number of nitrogens with zero attached hydrogens (tertiary/aromatic N) is 2. The van der Waals surface area contributed by atoms with Crippen molar-refractivity contribution in [1.82, 2.24) is 0 Å². The fourth-order valence-corrected chi connectivity index (χ4v) is 0.767. The normalized spacial score (nSPS) is 17.2. The van der Waals surface area contributed by atoms with Crippen LogP contribution in [0.5, 0.6) is 0 Å². The Labute approximate surface area is 57.6 Å². The molecule has 0 heterocycles. The lowest BCUT2D eigenvalue weighted by atomic mass is 10.1. The minimum atomic E-state index is 0.479. The van der Waals surface area contributed by atoms with Gasteiger partial charge in [0, 0.05) is 0 Å². The summed E-state index contributed by atoms with van der Waals surface area (Å²) in [7, 11) is 0. The summed E-state index contributed by atoms with van der Waals surface area (Å²) in [5, 5.41) is 5.48. The summed E-state index contributed by atoms with van der Waals surface area (Å²) in [4.78, 5) is 19.8. The zero-order valence-electron chi connectivity index (χ0n) is 5.28. The zero-order valence-corrected chi connectivity index (χ0v) is 5.28. The van der Waals surface area contributed by atoms with Gasteiger partial charge in [-0.25, -0.2) is 0 Å². The molecule has 0 aromatic carbocycles. The van der Waals surface area contributed by atoms with E-state index in [2.05, 4.69) is 10.4 Å². The first-order valence-electron chi connectivity index (χ1n) is 2.93. The van der Waals surface area contributed by atoms with E-state index in [0.717, 1.165) is 0 Å². The van der Waals surface area contributed by atoms with Crippen LogP contribution in [0.3, 0.4) is 0 Å². The fraction of sp³-hybridized carbons (Fsp3) is 0.333. The SMILES string of the molecule is O=NC1=CC=C(N=O)CC1. The molecule has 4 heteroatoms. The molecule has 10 heavy (non-hydrogen) atoms. The topological polar surface area (TPSA) is 58.9 Å². The molecule has 0 radical (unpaired) electrons.